The van der Waals surface area contributed by atoms with Crippen LogP contribution >= 0.6 is 0 Å². The maximum atomic E-state index is 11.8. The van der Waals surface area contributed by atoms with E-state index in [4.69, 9.17) is 20.0 Å². The summed E-state index contributed by atoms with van der Waals surface area (Å²) in [7, 11) is 1.54. The van der Waals surface area contributed by atoms with E-state index in [2.05, 4.69) is 4.99 Å². The summed E-state index contributed by atoms with van der Waals surface area (Å²) < 4.78 is 10.9. The zero-order chi connectivity index (χ0) is 19.4. The van der Waals surface area contributed by atoms with Gasteiger partial charge in [-0.15, -0.1) is 0 Å². The molecule has 0 atom stereocenters. The fourth-order valence-corrected chi connectivity index (χ4v) is 2.48. The lowest BCUT2D eigenvalue weighted by Crippen LogP contribution is -2.21. The number of ether oxygens (including phenoxy) is 1. The van der Waals surface area contributed by atoms with Crippen LogP contribution in [0.3, 0.4) is 0 Å². The van der Waals surface area contributed by atoms with Crippen LogP contribution in [0.15, 0.2) is 64.0 Å². The van der Waals surface area contributed by atoms with Crippen LogP contribution in [0, 0.1) is 0 Å². The Morgan fingerprint density at radius 2 is 2.00 bits per heavy atom. The molecule has 1 amide bonds. The minimum absolute atomic E-state index is 0.0690. The third-order valence-corrected chi connectivity index (χ3v) is 3.74. The predicted octanol–water partition coefficient (Wildman–Crippen LogP) is 2.87. The first-order chi connectivity index (χ1) is 13.0. The number of primary amides is 1. The van der Waals surface area contributed by atoms with Gasteiger partial charge in [-0.1, -0.05) is 12.1 Å². The number of nitrogens with zero attached hydrogens (tertiary/aromatic N) is 1. The number of carboxylic acid groups (broad SMARTS) is 1. The molecular formula is C20H16N2O5. The Morgan fingerprint density at radius 3 is 2.70 bits per heavy atom. The highest BCUT2D eigenvalue weighted by Crippen LogP contribution is 2.21. The van der Waals surface area contributed by atoms with E-state index in [-0.39, 0.29) is 11.1 Å². The summed E-state index contributed by atoms with van der Waals surface area (Å²) in [5.41, 5.74) is 7.32. The largest absolute Gasteiger partial charge is 0.497 e. The average Bonchev–Trinajstić information content (AvgIpc) is 2.65. The van der Waals surface area contributed by atoms with E-state index in [1.165, 1.54) is 6.08 Å². The lowest BCUT2D eigenvalue weighted by Gasteiger charge is -2.04. The van der Waals surface area contributed by atoms with Crippen molar-refractivity contribution in [2.75, 3.05) is 7.11 Å². The van der Waals surface area contributed by atoms with E-state index in [0.29, 0.717) is 28.0 Å². The minimum Gasteiger partial charge on any atom is -0.497 e. The average molecular weight is 364 g/mol. The van der Waals surface area contributed by atoms with Gasteiger partial charge in [0, 0.05) is 11.5 Å². The van der Waals surface area contributed by atoms with Gasteiger partial charge in [-0.25, -0.2) is 9.79 Å². The number of carbonyl (C=O) groups excluding carboxylic acids is 1. The fraction of sp³-hybridized carbons (Fsp3) is 0.0500. The van der Waals surface area contributed by atoms with Crippen molar-refractivity contribution in [3.63, 3.8) is 0 Å². The molecule has 0 aliphatic carbocycles. The Morgan fingerprint density at radius 1 is 1.19 bits per heavy atom. The highest BCUT2D eigenvalue weighted by Gasteiger charge is 2.10. The molecule has 3 aromatic rings. The molecule has 0 saturated carbocycles. The quantitative estimate of drug-likeness (QED) is 0.676. The summed E-state index contributed by atoms with van der Waals surface area (Å²) in [4.78, 5) is 26.9. The molecule has 0 unspecified atom stereocenters. The van der Waals surface area contributed by atoms with E-state index in [1.807, 2.05) is 0 Å². The van der Waals surface area contributed by atoms with Crippen LogP contribution in [0.2, 0.25) is 0 Å². The number of carbonyl (C=O) groups is 2. The van der Waals surface area contributed by atoms with E-state index < -0.39 is 11.9 Å². The summed E-state index contributed by atoms with van der Waals surface area (Å²) in [6.07, 6.45) is 2.47. The molecule has 3 N–H and O–H groups in total. The van der Waals surface area contributed by atoms with Crippen molar-refractivity contribution >= 4 is 34.6 Å². The van der Waals surface area contributed by atoms with E-state index in [1.54, 1.807) is 55.6 Å². The van der Waals surface area contributed by atoms with Gasteiger partial charge in [0.15, 0.2) is 0 Å². The second-order valence-corrected chi connectivity index (χ2v) is 5.61. The SMILES string of the molecule is COc1ccc2oc(=Nc3cccc(/C=C/C(=O)O)c3)c(C(N)=O)cc2c1. The van der Waals surface area contributed by atoms with Crippen molar-refractivity contribution in [1.82, 2.24) is 0 Å². The summed E-state index contributed by atoms with van der Waals surface area (Å²) in [5, 5.41) is 9.38. The lowest BCUT2D eigenvalue weighted by molar-refractivity contribution is -0.131. The van der Waals surface area contributed by atoms with Crippen LogP contribution in [0.1, 0.15) is 15.9 Å². The van der Waals surface area contributed by atoms with Gasteiger partial charge in [-0.3, -0.25) is 4.79 Å². The normalized spacial score (nSPS) is 11.8. The topological polar surface area (TPSA) is 115 Å². The van der Waals surface area contributed by atoms with Crippen molar-refractivity contribution < 1.29 is 23.8 Å². The van der Waals surface area contributed by atoms with E-state index in [0.717, 1.165) is 6.08 Å². The highest BCUT2D eigenvalue weighted by molar-refractivity contribution is 5.95. The minimum atomic E-state index is -1.05. The number of aliphatic carboxylic acids is 1. The number of methoxy groups -OCH3 is 1. The number of carboxylic acids is 1. The van der Waals surface area contributed by atoms with Gasteiger partial charge >= 0.3 is 5.97 Å². The molecular weight excluding hydrogens is 348 g/mol. The summed E-state index contributed by atoms with van der Waals surface area (Å²) in [6.45, 7) is 0. The van der Waals surface area contributed by atoms with Crippen LogP contribution < -0.4 is 16.0 Å². The van der Waals surface area contributed by atoms with E-state index >= 15 is 0 Å². The highest BCUT2D eigenvalue weighted by atomic mass is 16.5. The molecule has 0 aliphatic rings. The molecule has 0 aliphatic heterocycles. The van der Waals surface area contributed by atoms with Crippen molar-refractivity contribution in [2.45, 2.75) is 0 Å². The third kappa shape index (κ3) is 4.21. The molecule has 3 rings (SSSR count). The number of amides is 1. The molecule has 0 bridgehead atoms. The molecule has 27 heavy (non-hydrogen) atoms. The van der Waals surface area contributed by atoms with Crippen LogP contribution in [-0.2, 0) is 4.79 Å². The summed E-state index contributed by atoms with van der Waals surface area (Å²) in [6, 6.07) is 13.6. The lowest BCUT2D eigenvalue weighted by atomic mass is 10.1. The molecule has 0 spiro atoms. The Bertz CT molecular complexity index is 1130. The fourth-order valence-electron chi connectivity index (χ4n) is 2.48. The number of hydrogen-bond acceptors (Lipinski definition) is 5. The van der Waals surface area contributed by atoms with E-state index in [9.17, 15) is 9.59 Å². The molecule has 0 fully saturated rings. The van der Waals surface area contributed by atoms with Crippen molar-refractivity contribution in [1.29, 1.82) is 0 Å². The van der Waals surface area contributed by atoms with Gasteiger partial charge in [-0.2, -0.15) is 0 Å². The molecule has 1 heterocycles. The Labute approximate surface area is 154 Å². The number of nitrogens with two attached hydrogens (primary N) is 1. The van der Waals surface area contributed by atoms with Gasteiger partial charge in [-0.05, 0) is 48.0 Å². The maximum Gasteiger partial charge on any atom is 0.328 e. The molecule has 0 radical (unpaired) electrons. The third-order valence-electron chi connectivity index (χ3n) is 3.74. The second-order valence-electron chi connectivity index (χ2n) is 5.61. The zero-order valence-corrected chi connectivity index (χ0v) is 14.4. The Hall–Kier alpha value is -3.87. The van der Waals surface area contributed by atoms with Crippen LogP contribution in [0.5, 0.6) is 5.75 Å². The molecule has 136 valence electrons. The molecule has 1 aromatic heterocycles. The molecule has 0 saturated heterocycles. The van der Waals surface area contributed by atoms with Gasteiger partial charge < -0.3 is 20.0 Å². The van der Waals surface area contributed by atoms with Gasteiger partial charge in [0.05, 0.1) is 12.8 Å². The summed E-state index contributed by atoms with van der Waals surface area (Å²) in [5.74, 6) is -1.10. The smallest absolute Gasteiger partial charge is 0.328 e. The van der Waals surface area contributed by atoms with Crippen molar-refractivity contribution in [3.8, 4) is 5.75 Å². The number of benzene rings is 2. The van der Waals surface area contributed by atoms with Crippen LogP contribution in [0.4, 0.5) is 5.69 Å². The number of rotatable bonds is 5. The molecule has 2 aromatic carbocycles. The van der Waals surface area contributed by atoms with Crippen molar-refractivity contribution in [3.05, 3.63) is 71.3 Å². The predicted molar refractivity (Wildman–Crippen MR) is 99.6 cm³/mol. The maximum absolute atomic E-state index is 11.8. The van der Waals surface area contributed by atoms with Gasteiger partial charge in [0.25, 0.3) is 5.91 Å². The first kappa shape index (κ1) is 17.9. The standard InChI is InChI=1S/C20H16N2O5/c1-26-15-6-7-17-13(10-15)11-16(19(21)25)20(27-17)22-14-4-2-3-12(9-14)5-8-18(23)24/h2-11H,1H3,(H2,21,25)(H,23,24)/b8-5+,22-20?. The first-order valence-corrected chi connectivity index (χ1v) is 7.94. The number of hydrogen-bond donors (Lipinski definition) is 2. The van der Waals surface area contributed by atoms with Gasteiger partial charge in [0.1, 0.15) is 16.9 Å². The van der Waals surface area contributed by atoms with Crippen molar-refractivity contribution in [2.24, 2.45) is 10.7 Å². The Balaban J connectivity index is 2.15. The van der Waals surface area contributed by atoms with Crippen LogP contribution in [0.25, 0.3) is 17.0 Å². The first-order valence-electron chi connectivity index (χ1n) is 7.94. The zero-order valence-electron chi connectivity index (χ0n) is 14.4. The number of fused-ring (bicyclic) bond motifs is 1. The molecule has 7 heteroatoms. The van der Waals surface area contributed by atoms with Gasteiger partial charge in [0.2, 0.25) is 5.55 Å². The van der Waals surface area contributed by atoms with Crippen LogP contribution in [-0.4, -0.2) is 24.1 Å². The Kier molecular flexibility index (Phi) is 5.03. The summed E-state index contributed by atoms with van der Waals surface area (Å²) >= 11 is 0. The second kappa shape index (κ2) is 7.57. The molecule has 7 nitrogen and oxygen atoms in total. The monoisotopic (exact) mass is 364 g/mol.